The van der Waals surface area contributed by atoms with Crippen LogP contribution in [0.3, 0.4) is 0 Å². The second-order valence-corrected chi connectivity index (χ2v) is 8.36. The van der Waals surface area contributed by atoms with Crippen LogP contribution in [-0.2, 0) is 5.75 Å². The Kier molecular flexibility index (Phi) is 5.18. The molecule has 0 saturated heterocycles. The summed E-state index contributed by atoms with van der Waals surface area (Å²) >= 11 is 7.83. The van der Waals surface area contributed by atoms with Crippen molar-refractivity contribution in [2.24, 2.45) is 0 Å². The molecule has 0 aliphatic rings. The Morgan fingerprint density at radius 1 is 1.03 bits per heavy atom. The standard InChI is InChI=1S/C24H18ClN3O2S/c1-30-17-12-10-16(11-13-17)28-23(29)22-21(18-7-3-5-9-20(18)26-22)27-24(28)31-14-15-6-2-4-8-19(15)25/h2-13,26H,14H2,1H3. The number of ether oxygens (including phenoxy) is 1. The third-order valence-corrected chi connectivity index (χ3v) is 6.50. The first-order valence-electron chi connectivity index (χ1n) is 9.70. The Bertz CT molecular complexity index is 1460. The number of benzene rings is 3. The number of fused-ring (bicyclic) bond motifs is 3. The van der Waals surface area contributed by atoms with E-state index in [2.05, 4.69) is 4.98 Å². The van der Waals surface area contributed by atoms with Crippen molar-refractivity contribution in [3.05, 3.63) is 93.7 Å². The number of hydrogen-bond acceptors (Lipinski definition) is 4. The van der Waals surface area contributed by atoms with Gasteiger partial charge in [-0.1, -0.05) is 59.8 Å². The van der Waals surface area contributed by atoms with E-state index in [1.54, 1.807) is 11.7 Å². The molecular formula is C24H18ClN3O2S. The second kappa shape index (κ2) is 8.13. The van der Waals surface area contributed by atoms with Gasteiger partial charge >= 0.3 is 0 Å². The first-order chi connectivity index (χ1) is 15.2. The number of H-pyrrole nitrogens is 1. The van der Waals surface area contributed by atoms with Crippen LogP contribution in [0.2, 0.25) is 5.02 Å². The van der Waals surface area contributed by atoms with Crippen LogP contribution in [0.1, 0.15) is 5.56 Å². The number of nitrogens with zero attached hydrogens (tertiary/aromatic N) is 2. The van der Waals surface area contributed by atoms with E-state index in [1.165, 1.54) is 11.8 Å². The highest BCUT2D eigenvalue weighted by Crippen LogP contribution is 2.30. The van der Waals surface area contributed by atoms with Crippen LogP contribution in [0, 0.1) is 0 Å². The zero-order valence-corrected chi connectivity index (χ0v) is 18.2. The van der Waals surface area contributed by atoms with Crippen molar-refractivity contribution < 1.29 is 4.74 Å². The molecule has 2 aromatic heterocycles. The Balaban J connectivity index is 1.70. The third kappa shape index (κ3) is 3.58. The van der Waals surface area contributed by atoms with Crippen LogP contribution in [0.15, 0.2) is 82.7 Å². The van der Waals surface area contributed by atoms with E-state index in [4.69, 9.17) is 21.3 Å². The number of nitrogens with one attached hydrogen (secondary N) is 1. The second-order valence-electron chi connectivity index (χ2n) is 7.01. The van der Waals surface area contributed by atoms with Gasteiger partial charge in [-0.2, -0.15) is 0 Å². The van der Waals surface area contributed by atoms with Gasteiger partial charge in [0.15, 0.2) is 5.16 Å². The number of hydrogen-bond donors (Lipinski definition) is 1. The van der Waals surface area contributed by atoms with Gasteiger partial charge in [0.05, 0.1) is 12.8 Å². The summed E-state index contributed by atoms with van der Waals surface area (Å²) in [4.78, 5) is 21.7. The molecule has 0 unspecified atom stereocenters. The molecule has 5 nitrogen and oxygen atoms in total. The number of aromatic nitrogens is 3. The highest BCUT2D eigenvalue weighted by Gasteiger charge is 2.17. The summed E-state index contributed by atoms with van der Waals surface area (Å²) in [6.45, 7) is 0. The molecular weight excluding hydrogens is 430 g/mol. The molecule has 5 rings (SSSR count). The van der Waals surface area contributed by atoms with E-state index in [-0.39, 0.29) is 5.56 Å². The molecule has 2 heterocycles. The van der Waals surface area contributed by atoms with Gasteiger partial charge < -0.3 is 9.72 Å². The fourth-order valence-corrected chi connectivity index (χ4v) is 4.85. The van der Waals surface area contributed by atoms with E-state index in [0.29, 0.717) is 27.0 Å². The van der Waals surface area contributed by atoms with E-state index < -0.39 is 0 Å². The molecule has 1 N–H and O–H groups in total. The number of thioether (sulfide) groups is 1. The molecule has 0 aliphatic carbocycles. The summed E-state index contributed by atoms with van der Waals surface area (Å²) in [7, 11) is 1.62. The van der Waals surface area contributed by atoms with Crippen LogP contribution in [0.25, 0.3) is 27.6 Å². The minimum atomic E-state index is -0.145. The van der Waals surface area contributed by atoms with Crippen LogP contribution >= 0.6 is 23.4 Å². The van der Waals surface area contributed by atoms with Gasteiger partial charge in [-0.25, -0.2) is 4.98 Å². The Hall–Kier alpha value is -3.22. The van der Waals surface area contributed by atoms with Crippen LogP contribution < -0.4 is 10.3 Å². The summed E-state index contributed by atoms with van der Waals surface area (Å²) < 4.78 is 6.90. The molecule has 0 fully saturated rings. The van der Waals surface area contributed by atoms with Gasteiger partial charge in [0.25, 0.3) is 5.56 Å². The molecule has 154 valence electrons. The molecule has 0 radical (unpaired) electrons. The molecule has 0 saturated carbocycles. The van der Waals surface area contributed by atoms with Gasteiger partial charge in [0.1, 0.15) is 16.8 Å². The van der Waals surface area contributed by atoms with E-state index >= 15 is 0 Å². The summed E-state index contributed by atoms with van der Waals surface area (Å²) in [5, 5.41) is 2.23. The summed E-state index contributed by atoms with van der Waals surface area (Å²) in [6.07, 6.45) is 0. The van der Waals surface area contributed by atoms with E-state index in [0.717, 1.165) is 27.9 Å². The van der Waals surface area contributed by atoms with Crippen molar-refractivity contribution >= 4 is 45.3 Å². The minimum absolute atomic E-state index is 0.145. The van der Waals surface area contributed by atoms with Crippen molar-refractivity contribution in [1.29, 1.82) is 0 Å². The number of para-hydroxylation sites is 1. The fraction of sp³-hybridized carbons (Fsp3) is 0.0833. The molecule has 0 aliphatic heterocycles. The van der Waals surface area contributed by atoms with E-state index in [1.807, 2.05) is 72.8 Å². The van der Waals surface area contributed by atoms with Crippen LogP contribution in [0.4, 0.5) is 0 Å². The minimum Gasteiger partial charge on any atom is -0.497 e. The van der Waals surface area contributed by atoms with Crippen molar-refractivity contribution in [3.8, 4) is 11.4 Å². The molecule has 0 atom stereocenters. The Labute approximate surface area is 187 Å². The molecule has 3 aromatic carbocycles. The number of methoxy groups -OCH3 is 1. The predicted molar refractivity (Wildman–Crippen MR) is 127 cm³/mol. The van der Waals surface area contributed by atoms with Gasteiger partial charge in [0.2, 0.25) is 0 Å². The maximum Gasteiger partial charge on any atom is 0.283 e. The lowest BCUT2D eigenvalue weighted by Gasteiger charge is -2.13. The van der Waals surface area contributed by atoms with Crippen molar-refractivity contribution in [2.45, 2.75) is 10.9 Å². The van der Waals surface area contributed by atoms with Crippen molar-refractivity contribution in [2.75, 3.05) is 7.11 Å². The molecule has 0 bridgehead atoms. The monoisotopic (exact) mass is 447 g/mol. The molecule has 31 heavy (non-hydrogen) atoms. The van der Waals surface area contributed by atoms with Gasteiger partial charge in [-0.3, -0.25) is 9.36 Å². The van der Waals surface area contributed by atoms with Crippen LogP contribution in [-0.4, -0.2) is 21.6 Å². The van der Waals surface area contributed by atoms with Crippen molar-refractivity contribution in [1.82, 2.24) is 14.5 Å². The Morgan fingerprint density at radius 3 is 2.55 bits per heavy atom. The zero-order chi connectivity index (χ0) is 21.4. The lowest BCUT2D eigenvalue weighted by atomic mass is 10.2. The first-order valence-corrected chi connectivity index (χ1v) is 11.1. The molecule has 5 aromatic rings. The zero-order valence-electron chi connectivity index (χ0n) is 16.6. The average Bonchev–Trinajstić information content (AvgIpc) is 3.18. The number of halogens is 1. The van der Waals surface area contributed by atoms with Gasteiger partial charge in [-0.05, 0) is 42.0 Å². The van der Waals surface area contributed by atoms with Gasteiger partial charge in [0, 0.05) is 21.7 Å². The largest absolute Gasteiger partial charge is 0.497 e. The van der Waals surface area contributed by atoms with Crippen molar-refractivity contribution in [3.63, 3.8) is 0 Å². The summed E-state index contributed by atoms with van der Waals surface area (Å²) in [5.41, 5.74) is 3.61. The van der Waals surface area contributed by atoms with Crippen LogP contribution in [0.5, 0.6) is 5.75 Å². The smallest absolute Gasteiger partial charge is 0.283 e. The van der Waals surface area contributed by atoms with E-state index in [9.17, 15) is 4.79 Å². The molecule has 0 spiro atoms. The number of rotatable bonds is 5. The maximum absolute atomic E-state index is 13.6. The molecule has 0 amide bonds. The number of aromatic amines is 1. The lowest BCUT2D eigenvalue weighted by Crippen LogP contribution is -2.21. The fourth-order valence-electron chi connectivity index (χ4n) is 3.56. The highest BCUT2D eigenvalue weighted by atomic mass is 35.5. The Morgan fingerprint density at radius 2 is 1.77 bits per heavy atom. The maximum atomic E-state index is 13.6. The van der Waals surface area contributed by atoms with Gasteiger partial charge in [-0.15, -0.1) is 0 Å². The predicted octanol–water partition coefficient (Wildman–Crippen LogP) is 5.82. The summed E-state index contributed by atoms with van der Waals surface area (Å²) in [6, 6.07) is 22.9. The quantitative estimate of drug-likeness (QED) is 0.272. The first kappa shape index (κ1) is 19.7. The third-order valence-electron chi connectivity index (χ3n) is 5.14. The SMILES string of the molecule is COc1ccc(-n2c(SCc3ccccc3Cl)nc3c([nH]c4ccccc43)c2=O)cc1. The average molecular weight is 448 g/mol. The topological polar surface area (TPSA) is 59.9 Å². The molecule has 7 heteroatoms. The highest BCUT2D eigenvalue weighted by molar-refractivity contribution is 7.98. The summed E-state index contributed by atoms with van der Waals surface area (Å²) in [5.74, 6) is 1.32. The normalized spacial score (nSPS) is 11.3. The lowest BCUT2D eigenvalue weighted by molar-refractivity contribution is 0.414.